The summed E-state index contributed by atoms with van der Waals surface area (Å²) in [5.41, 5.74) is 0.544. The highest BCUT2D eigenvalue weighted by atomic mass is 32.2. The first kappa shape index (κ1) is 19.4. The molecular formula is C20H29NO4S. The number of hydrogen-bond acceptors (Lipinski definition) is 4. The molecule has 3 rings (SSSR count). The topological polar surface area (TPSA) is 63.7 Å². The molecule has 0 spiro atoms. The molecule has 1 aromatic carbocycles. The van der Waals surface area contributed by atoms with Gasteiger partial charge in [0, 0.05) is 18.7 Å². The van der Waals surface area contributed by atoms with E-state index < -0.39 is 15.1 Å². The van der Waals surface area contributed by atoms with E-state index in [0.717, 1.165) is 12.8 Å². The molecule has 1 aliphatic carbocycles. The normalized spacial score (nSPS) is 20.0. The highest BCUT2D eigenvalue weighted by molar-refractivity contribution is 7.92. The number of nitrogens with zero attached hydrogens (tertiary/aromatic N) is 1. The van der Waals surface area contributed by atoms with Crippen LogP contribution < -0.4 is 0 Å². The highest BCUT2D eigenvalue weighted by Crippen LogP contribution is 2.26. The van der Waals surface area contributed by atoms with Crippen LogP contribution >= 0.6 is 0 Å². The third kappa shape index (κ3) is 4.29. The molecule has 0 unspecified atom stereocenters. The predicted molar refractivity (Wildman–Crippen MR) is 101 cm³/mol. The fourth-order valence-corrected chi connectivity index (χ4v) is 4.79. The molecule has 6 heteroatoms. The molecule has 1 saturated carbocycles. The molecule has 1 aliphatic heterocycles. The number of amides is 1. The van der Waals surface area contributed by atoms with Crippen molar-refractivity contribution >= 4 is 15.7 Å². The lowest BCUT2D eigenvalue weighted by Crippen LogP contribution is -2.41. The maximum absolute atomic E-state index is 12.7. The van der Waals surface area contributed by atoms with Gasteiger partial charge in [0.15, 0.2) is 9.84 Å². The molecule has 0 aromatic heterocycles. The third-order valence-corrected chi connectivity index (χ3v) is 7.64. The number of piperidine rings is 1. The summed E-state index contributed by atoms with van der Waals surface area (Å²) in [4.78, 5) is 14.8. The second-order valence-electron chi connectivity index (χ2n) is 7.65. The summed E-state index contributed by atoms with van der Waals surface area (Å²) >= 11 is 0. The van der Waals surface area contributed by atoms with Gasteiger partial charge in [0.05, 0.1) is 22.4 Å². The standard InChI is InChI=1S/C20H29NO4S/c1-15(2)26(23,24)19-9-7-16(8-10-19)20(22)21-13-11-18(12-14-21)25-17-5-3-4-6-17/h7-10,15,17-18H,3-6,11-14H2,1-2H3. The minimum atomic E-state index is -3.30. The zero-order chi connectivity index (χ0) is 18.7. The number of carbonyl (C=O) groups is 1. The number of rotatable bonds is 5. The number of hydrogen-bond donors (Lipinski definition) is 0. The summed E-state index contributed by atoms with van der Waals surface area (Å²) in [6.45, 7) is 4.71. The van der Waals surface area contributed by atoms with E-state index in [0.29, 0.717) is 24.8 Å². The first-order chi connectivity index (χ1) is 12.4. The SMILES string of the molecule is CC(C)S(=O)(=O)c1ccc(C(=O)N2CCC(OC3CCCC3)CC2)cc1. The summed E-state index contributed by atoms with van der Waals surface area (Å²) in [5, 5.41) is -0.469. The second kappa shape index (κ2) is 8.09. The molecule has 1 saturated heterocycles. The van der Waals surface area contributed by atoms with E-state index >= 15 is 0 Å². The van der Waals surface area contributed by atoms with Gasteiger partial charge in [0.1, 0.15) is 0 Å². The third-order valence-electron chi connectivity index (χ3n) is 5.47. The van der Waals surface area contributed by atoms with Crippen molar-refractivity contribution in [3.63, 3.8) is 0 Å². The predicted octanol–water partition coefficient (Wildman–Crippen LogP) is 3.43. The minimum Gasteiger partial charge on any atom is -0.375 e. The average Bonchev–Trinajstić information content (AvgIpc) is 3.15. The quantitative estimate of drug-likeness (QED) is 0.786. The molecule has 0 atom stereocenters. The number of sulfone groups is 1. The van der Waals surface area contributed by atoms with Crippen LogP contribution in [0.4, 0.5) is 0 Å². The molecule has 144 valence electrons. The molecule has 1 amide bonds. The molecular weight excluding hydrogens is 350 g/mol. The highest BCUT2D eigenvalue weighted by Gasteiger charge is 2.27. The molecule has 0 N–H and O–H groups in total. The number of benzene rings is 1. The largest absolute Gasteiger partial charge is 0.375 e. The summed E-state index contributed by atoms with van der Waals surface area (Å²) in [7, 11) is -3.30. The van der Waals surface area contributed by atoms with Gasteiger partial charge in [-0.25, -0.2) is 8.42 Å². The molecule has 26 heavy (non-hydrogen) atoms. The lowest BCUT2D eigenvalue weighted by atomic mass is 10.1. The van der Waals surface area contributed by atoms with Crippen LogP contribution in [0.5, 0.6) is 0 Å². The maximum Gasteiger partial charge on any atom is 0.253 e. The number of carbonyl (C=O) groups excluding carboxylic acids is 1. The van der Waals surface area contributed by atoms with Crippen molar-refractivity contribution in [1.82, 2.24) is 4.90 Å². The summed E-state index contributed by atoms with van der Waals surface area (Å²) in [6, 6.07) is 6.33. The fraction of sp³-hybridized carbons (Fsp3) is 0.650. The monoisotopic (exact) mass is 379 g/mol. The van der Waals surface area contributed by atoms with Crippen molar-refractivity contribution in [2.75, 3.05) is 13.1 Å². The molecule has 0 bridgehead atoms. The van der Waals surface area contributed by atoms with Crippen LogP contribution in [0, 0.1) is 0 Å². The Balaban J connectivity index is 1.56. The van der Waals surface area contributed by atoms with Crippen LogP contribution in [0.2, 0.25) is 0 Å². The van der Waals surface area contributed by atoms with Crippen molar-refractivity contribution in [2.24, 2.45) is 0 Å². The van der Waals surface area contributed by atoms with E-state index in [9.17, 15) is 13.2 Å². The first-order valence-electron chi connectivity index (χ1n) is 9.66. The Morgan fingerprint density at radius 3 is 2.08 bits per heavy atom. The van der Waals surface area contributed by atoms with E-state index in [2.05, 4.69) is 0 Å². The van der Waals surface area contributed by atoms with E-state index in [1.807, 2.05) is 4.90 Å². The molecule has 5 nitrogen and oxygen atoms in total. The van der Waals surface area contributed by atoms with Gasteiger partial charge in [0.2, 0.25) is 0 Å². The summed E-state index contributed by atoms with van der Waals surface area (Å²) in [6.07, 6.45) is 7.31. The van der Waals surface area contributed by atoms with Gasteiger partial charge >= 0.3 is 0 Å². The van der Waals surface area contributed by atoms with Crippen molar-refractivity contribution in [1.29, 1.82) is 0 Å². The van der Waals surface area contributed by atoms with Crippen LogP contribution in [0.15, 0.2) is 29.2 Å². The lowest BCUT2D eigenvalue weighted by Gasteiger charge is -2.33. The van der Waals surface area contributed by atoms with Crippen molar-refractivity contribution in [2.45, 2.75) is 74.7 Å². The van der Waals surface area contributed by atoms with E-state index in [-0.39, 0.29) is 16.9 Å². The molecule has 1 heterocycles. The van der Waals surface area contributed by atoms with Gasteiger partial charge in [0.25, 0.3) is 5.91 Å². The summed E-state index contributed by atoms with van der Waals surface area (Å²) in [5.74, 6) is -0.0298. The van der Waals surface area contributed by atoms with Crippen LogP contribution in [-0.2, 0) is 14.6 Å². The van der Waals surface area contributed by atoms with Gasteiger partial charge in [-0.2, -0.15) is 0 Å². The van der Waals surface area contributed by atoms with Crippen molar-refractivity contribution < 1.29 is 17.9 Å². The Kier molecular flexibility index (Phi) is 6.03. The maximum atomic E-state index is 12.7. The molecule has 2 fully saturated rings. The zero-order valence-corrected chi connectivity index (χ0v) is 16.5. The first-order valence-corrected chi connectivity index (χ1v) is 11.2. The van der Waals surface area contributed by atoms with Gasteiger partial charge in [-0.3, -0.25) is 4.79 Å². The minimum absolute atomic E-state index is 0.0298. The van der Waals surface area contributed by atoms with Crippen molar-refractivity contribution in [3.8, 4) is 0 Å². The van der Waals surface area contributed by atoms with Crippen LogP contribution in [0.25, 0.3) is 0 Å². The Labute approximate surface area is 156 Å². The lowest BCUT2D eigenvalue weighted by molar-refractivity contribution is -0.0357. The molecule has 1 aromatic rings. The van der Waals surface area contributed by atoms with E-state index in [1.54, 1.807) is 38.1 Å². The smallest absolute Gasteiger partial charge is 0.253 e. The van der Waals surface area contributed by atoms with Crippen molar-refractivity contribution in [3.05, 3.63) is 29.8 Å². The van der Waals surface area contributed by atoms with Gasteiger partial charge in [-0.1, -0.05) is 12.8 Å². The molecule has 0 radical (unpaired) electrons. The van der Waals surface area contributed by atoms with Gasteiger partial charge < -0.3 is 9.64 Å². The Hall–Kier alpha value is -1.40. The number of likely N-dealkylation sites (tertiary alicyclic amines) is 1. The van der Waals surface area contributed by atoms with Crippen LogP contribution in [0.1, 0.15) is 62.7 Å². The zero-order valence-electron chi connectivity index (χ0n) is 15.7. The van der Waals surface area contributed by atoms with Gasteiger partial charge in [-0.05, 0) is 63.8 Å². The fourth-order valence-electron chi connectivity index (χ4n) is 3.73. The number of ether oxygens (including phenoxy) is 1. The van der Waals surface area contributed by atoms with Crippen LogP contribution in [0.3, 0.4) is 0 Å². The average molecular weight is 380 g/mol. The van der Waals surface area contributed by atoms with Crippen LogP contribution in [-0.4, -0.2) is 49.8 Å². The Morgan fingerprint density at radius 2 is 1.54 bits per heavy atom. The second-order valence-corrected chi connectivity index (χ2v) is 10.2. The summed E-state index contributed by atoms with van der Waals surface area (Å²) < 4.78 is 30.5. The van der Waals surface area contributed by atoms with E-state index in [4.69, 9.17) is 4.74 Å². The molecule has 2 aliphatic rings. The van der Waals surface area contributed by atoms with Gasteiger partial charge in [-0.15, -0.1) is 0 Å². The van der Waals surface area contributed by atoms with E-state index in [1.165, 1.54) is 25.7 Å². The Morgan fingerprint density at radius 1 is 1.00 bits per heavy atom. The Bertz CT molecular complexity index is 713.